The van der Waals surface area contributed by atoms with Crippen molar-refractivity contribution in [3.05, 3.63) is 16.1 Å². The Morgan fingerprint density at radius 1 is 1.73 bits per heavy atom. The highest BCUT2D eigenvalue weighted by molar-refractivity contribution is 7.11. The standard InChI is InChI=1S/C10H17N3OS/c1-3-8-6-13-9(15-8)4-5-12-10(14)7(2)11/h6-7H,3-5,11H2,1-2H3,(H,12,14). The maximum Gasteiger partial charge on any atom is 0.236 e. The van der Waals surface area contributed by atoms with Gasteiger partial charge in [-0.15, -0.1) is 11.3 Å². The number of carbonyl (C=O) groups is 1. The van der Waals surface area contributed by atoms with Crippen LogP contribution in [0.4, 0.5) is 0 Å². The number of hydrogen-bond donors (Lipinski definition) is 2. The molecule has 0 saturated heterocycles. The number of aryl methyl sites for hydroxylation is 1. The Balaban J connectivity index is 2.28. The van der Waals surface area contributed by atoms with Crippen molar-refractivity contribution in [1.29, 1.82) is 0 Å². The van der Waals surface area contributed by atoms with Gasteiger partial charge in [0.05, 0.1) is 11.0 Å². The summed E-state index contributed by atoms with van der Waals surface area (Å²) >= 11 is 1.70. The number of thiazole rings is 1. The summed E-state index contributed by atoms with van der Waals surface area (Å²) in [7, 11) is 0. The van der Waals surface area contributed by atoms with Crippen LogP contribution in [0.5, 0.6) is 0 Å². The molecule has 0 aliphatic carbocycles. The van der Waals surface area contributed by atoms with Crippen LogP contribution in [-0.2, 0) is 17.6 Å². The monoisotopic (exact) mass is 227 g/mol. The Bertz CT molecular complexity index is 322. The predicted octanol–water partition coefficient (Wildman–Crippen LogP) is 0.711. The summed E-state index contributed by atoms with van der Waals surface area (Å²) in [5, 5.41) is 3.83. The van der Waals surface area contributed by atoms with Gasteiger partial charge in [-0.3, -0.25) is 4.79 Å². The van der Waals surface area contributed by atoms with Gasteiger partial charge in [0.25, 0.3) is 0 Å². The zero-order valence-corrected chi connectivity index (χ0v) is 9.93. The van der Waals surface area contributed by atoms with E-state index in [1.54, 1.807) is 18.3 Å². The molecule has 1 aromatic heterocycles. The van der Waals surface area contributed by atoms with Crippen molar-refractivity contribution in [3.8, 4) is 0 Å². The van der Waals surface area contributed by atoms with Gasteiger partial charge in [0, 0.05) is 24.0 Å². The van der Waals surface area contributed by atoms with E-state index >= 15 is 0 Å². The van der Waals surface area contributed by atoms with Gasteiger partial charge < -0.3 is 11.1 Å². The highest BCUT2D eigenvalue weighted by atomic mass is 32.1. The number of nitrogens with two attached hydrogens (primary N) is 1. The van der Waals surface area contributed by atoms with E-state index in [-0.39, 0.29) is 5.91 Å². The van der Waals surface area contributed by atoms with Crippen molar-refractivity contribution in [2.24, 2.45) is 5.73 Å². The molecule has 0 aromatic carbocycles. The fourth-order valence-corrected chi connectivity index (χ4v) is 1.94. The number of nitrogens with zero attached hydrogens (tertiary/aromatic N) is 1. The van der Waals surface area contributed by atoms with E-state index in [0.717, 1.165) is 17.8 Å². The van der Waals surface area contributed by atoms with E-state index in [0.29, 0.717) is 6.54 Å². The summed E-state index contributed by atoms with van der Waals surface area (Å²) in [6.45, 7) is 4.39. The van der Waals surface area contributed by atoms with Crippen LogP contribution in [0.2, 0.25) is 0 Å². The van der Waals surface area contributed by atoms with Crippen molar-refractivity contribution >= 4 is 17.2 Å². The molecule has 0 radical (unpaired) electrons. The van der Waals surface area contributed by atoms with E-state index in [2.05, 4.69) is 17.2 Å². The van der Waals surface area contributed by atoms with Crippen LogP contribution >= 0.6 is 11.3 Å². The number of hydrogen-bond acceptors (Lipinski definition) is 4. The van der Waals surface area contributed by atoms with E-state index in [1.807, 2.05) is 6.20 Å². The molecular weight excluding hydrogens is 210 g/mol. The molecule has 15 heavy (non-hydrogen) atoms. The summed E-state index contributed by atoms with van der Waals surface area (Å²) in [6.07, 6.45) is 3.69. The lowest BCUT2D eigenvalue weighted by Crippen LogP contribution is -2.39. The molecule has 0 aliphatic heterocycles. The topological polar surface area (TPSA) is 68.0 Å². The van der Waals surface area contributed by atoms with Gasteiger partial charge in [-0.05, 0) is 13.3 Å². The lowest BCUT2D eigenvalue weighted by Gasteiger charge is -2.05. The maximum absolute atomic E-state index is 11.1. The number of nitrogens with one attached hydrogen (secondary N) is 1. The summed E-state index contributed by atoms with van der Waals surface area (Å²) in [6, 6.07) is -0.438. The molecule has 3 N–H and O–H groups in total. The van der Waals surface area contributed by atoms with Gasteiger partial charge in [-0.25, -0.2) is 4.98 Å². The van der Waals surface area contributed by atoms with Gasteiger partial charge in [0.2, 0.25) is 5.91 Å². The van der Waals surface area contributed by atoms with Crippen LogP contribution in [0.15, 0.2) is 6.20 Å². The van der Waals surface area contributed by atoms with Crippen molar-refractivity contribution in [1.82, 2.24) is 10.3 Å². The first-order valence-electron chi connectivity index (χ1n) is 5.10. The third-order valence-electron chi connectivity index (χ3n) is 2.00. The molecule has 1 heterocycles. The summed E-state index contributed by atoms with van der Waals surface area (Å²) in [4.78, 5) is 16.7. The smallest absolute Gasteiger partial charge is 0.236 e. The van der Waals surface area contributed by atoms with Crippen LogP contribution in [0.3, 0.4) is 0 Å². The molecule has 0 aliphatic rings. The summed E-state index contributed by atoms with van der Waals surface area (Å²) in [5.74, 6) is -0.109. The van der Waals surface area contributed by atoms with Crippen LogP contribution in [0.1, 0.15) is 23.7 Å². The summed E-state index contributed by atoms with van der Waals surface area (Å²) in [5.41, 5.74) is 5.42. The third-order valence-corrected chi connectivity index (χ3v) is 3.20. The largest absolute Gasteiger partial charge is 0.354 e. The molecule has 0 bridgehead atoms. The molecular formula is C10H17N3OS. The Labute approximate surface area is 93.9 Å². The average Bonchev–Trinajstić information content (AvgIpc) is 2.65. The van der Waals surface area contributed by atoms with E-state index in [1.165, 1.54) is 4.88 Å². The van der Waals surface area contributed by atoms with Crippen molar-refractivity contribution in [2.45, 2.75) is 32.7 Å². The Kier molecular flexibility index (Phi) is 4.71. The van der Waals surface area contributed by atoms with Crippen LogP contribution in [-0.4, -0.2) is 23.5 Å². The molecule has 0 spiro atoms. The molecule has 0 fully saturated rings. The first-order valence-corrected chi connectivity index (χ1v) is 5.92. The lowest BCUT2D eigenvalue weighted by atomic mass is 10.3. The van der Waals surface area contributed by atoms with Crippen LogP contribution < -0.4 is 11.1 Å². The van der Waals surface area contributed by atoms with E-state index in [4.69, 9.17) is 5.73 Å². The SMILES string of the molecule is CCc1cnc(CCNC(=O)C(C)N)s1. The predicted molar refractivity (Wildman–Crippen MR) is 61.9 cm³/mol. The second-order valence-electron chi connectivity index (χ2n) is 3.40. The number of aromatic nitrogens is 1. The second-order valence-corrected chi connectivity index (χ2v) is 4.60. The van der Waals surface area contributed by atoms with Crippen LogP contribution in [0.25, 0.3) is 0 Å². The lowest BCUT2D eigenvalue weighted by molar-refractivity contribution is -0.121. The minimum Gasteiger partial charge on any atom is -0.354 e. The summed E-state index contributed by atoms with van der Waals surface area (Å²) < 4.78 is 0. The number of rotatable bonds is 5. The third kappa shape index (κ3) is 3.97. The second kappa shape index (κ2) is 5.82. The Morgan fingerprint density at radius 2 is 2.47 bits per heavy atom. The molecule has 84 valence electrons. The van der Waals surface area contributed by atoms with Crippen molar-refractivity contribution in [2.75, 3.05) is 6.54 Å². The first kappa shape index (κ1) is 12.1. The van der Waals surface area contributed by atoms with Gasteiger partial charge in [-0.1, -0.05) is 6.92 Å². The maximum atomic E-state index is 11.1. The molecule has 1 amide bonds. The quantitative estimate of drug-likeness (QED) is 0.778. The molecule has 1 aromatic rings. The number of amides is 1. The zero-order valence-electron chi connectivity index (χ0n) is 9.12. The van der Waals surface area contributed by atoms with Gasteiger partial charge >= 0.3 is 0 Å². The van der Waals surface area contributed by atoms with Gasteiger partial charge in [0.15, 0.2) is 0 Å². The van der Waals surface area contributed by atoms with Gasteiger partial charge in [-0.2, -0.15) is 0 Å². The number of carbonyl (C=O) groups excluding carboxylic acids is 1. The fraction of sp³-hybridized carbons (Fsp3) is 0.600. The molecule has 4 nitrogen and oxygen atoms in total. The van der Waals surface area contributed by atoms with Crippen molar-refractivity contribution in [3.63, 3.8) is 0 Å². The van der Waals surface area contributed by atoms with E-state index in [9.17, 15) is 4.79 Å². The molecule has 1 rings (SSSR count). The molecule has 5 heteroatoms. The zero-order chi connectivity index (χ0) is 11.3. The Hall–Kier alpha value is -0.940. The average molecular weight is 227 g/mol. The molecule has 0 saturated carbocycles. The van der Waals surface area contributed by atoms with Crippen molar-refractivity contribution < 1.29 is 4.79 Å². The highest BCUT2D eigenvalue weighted by Gasteiger charge is 2.06. The molecule has 1 atom stereocenters. The van der Waals surface area contributed by atoms with Crippen LogP contribution in [0, 0.1) is 0 Å². The highest BCUT2D eigenvalue weighted by Crippen LogP contribution is 2.13. The fourth-order valence-electron chi connectivity index (χ4n) is 1.08. The Morgan fingerprint density at radius 3 is 3.00 bits per heavy atom. The minimum absolute atomic E-state index is 0.109. The minimum atomic E-state index is -0.438. The van der Waals surface area contributed by atoms with Gasteiger partial charge in [0.1, 0.15) is 0 Å². The normalized spacial score (nSPS) is 12.5. The van der Waals surface area contributed by atoms with E-state index < -0.39 is 6.04 Å². The first-order chi connectivity index (χ1) is 7.13. The molecule has 1 unspecified atom stereocenters.